The first-order valence-corrected chi connectivity index (χ1v) is 5.90. The number of hydrogen-bond donors (Lipinski definition) is 2. The van der Waals surface area contributed by atoms with E-state index in [-0.39, 0.29) is 36.0 Å². The molecule has 0 spiro atoms. The van der Waals surface area contributed by atoms with Crippen LogP contribution in [-0.2, 0) is 9.53 Å². The smallest absolute Gasteiger partial charge is 0.337 e. The summed E-state index contributed by atoms with van der Waals surface area (Å²) in [6.45, 7) is 0.231. The van der Waals surface area contributed by atoms with Crippen LogP contribution in [0.5, 0.6) is 11.5 Å². The molecule has 7 nitrogen and oxygen atoms in total. The maximum Gasteiger partial charge on any atom is 0.337 e. The lowest BCUT2D eigenvalue weighted by molar-refractivity contribution is -0.140. The SMILES string of the molecule is COC(=O)CCCOc1cc(C(=O)O)c(N)cc1OC. The molecule has 7 heteroatoms. The van der Waals surface area contributed by atoms with E-state index in [4.69, 9.17) is 20.3 Å². The zero-order valence-electron chi connectivity index (χ0n) is 11.3. The number of nitrogen functional groups attached to an aromatic ring is 1. The minimum atomic E-state index is -1.15. The highest BCUT2D eigenvalue weighted by Gasteiger charge is 2.14. The molecule has 3 N–H and O–H groups in total. The average molecular weight is 283 g/mol. The van der Waals surface area contributed by atoms with E-state index in [2.05, 4.69) is 4.74 Å². The van der Waals surface area contributed by atoms with Crippen molar-refractivity contribution in [3.8, 4) is 11.5 Å². The first kappa shape index (κ1) is 15.6. The highest BCUT2D eigenvalue weighted by atomic mass is 16.5. The third-order valence-corrected chi connectivity index (χ3v) is 2.58. The summed E-state index contributed by atoms with van der Waals surface area (Å²) in [4.78, 5) is 21.9. The van der Waals surface area contributed by atoms with E-state index in [9.17, 15) is 9.59 Å². The van der Waals surface area contributed by atoms with Crippen molar-refractivity contribution in [2.75, 3.05) is 26.6 Å². The Bertz CT molecular complexity index is 500. The van der Waals surface area contributed by atoms with E-state index in [0.29, 0.717) is 12.2 Å². The van der Waals surface area contributed by atoms with Crippen LogP contribution in [0, 0.1) is 0 Å². The number of methoxy groups -OCH3 is 2. The molecule has 1 rings (SSSR count). The Morgan fingerprint density at radius 2 is 1.95 bits per heavy atom. The molecule has 0 aromatic heterocycles. The van der Waals surface area contributed by atoms with Gasteiger partial charge in [0.05, 0.1) is 32.1 Å². The third kappa shape index (κ3) is 4.04. The Balaban J connectivity index is 2.75. The number of ether oxygens (including phenoxy) is 3. The lowest BCUT2D eigenvalue weighted by atomic mass is 10.1. The molecule has 0 radical (unpaired) electrons. The van der Waals surface area contributed by atoms with Crippen molar-refractivity contribution in [3.05, 3.63) is 17.7 Å². The van der Waals surface area contributed by atoms with Crippen LogP contribution in [0.3, 0.4) is 0 Å². The number of anilines is 1. The standard InChI is InChI=1S/C13H17NO6/c1-18-10-7-9(14)8(13(16)17)6-11(10)20-5-3-4-12(15)19-2/h6-7H,3-5,14H2,1-2H3,(H,16,17). The van der Waals surface area contributed by atoms with Crippen LogP contribution in [0.25, 0.3) is 0 Å². The number of esters is 1. The first-order valence-electron chi connectivity index (χ1n) is 5.90. The molecule has 0 aliphatic heterocycles. The number of benzene rings is 1. The first-order chi connectivity index (χ1) is 9.49. The molecule has 0 aliphatic carbocycles. The van der Waals surface area contributed by atoms with Crippen LogP contribution in [-0.4, -0.2) is 37.9 Å². The number of rotatable bonds is 7. The summed E-state index contributed by atoms with van der Waals surface area (Å²) in [5, 5.41) is 8.99. The number of carbonyl (C=O) groups is 2. The van der Waals surface area contributed by atoms with Gasteiger partial charge in [0.25, 0.3) is 0 Å². The van der Waals surface area contributed by atoms with Crippen molar-refractivity contribution in [3.63, 3.8) is 0 Å². The number of hydrogen-bond acceptors (Lipinski definition) is 6. The van der Waals surface area contributed by atoms with Gasteiger partial charge in [-0.25, -0.2) is 4.79 Å². The largest absolute Gasteiger partial charge is 0.493 e. The molecule has 0 atom stereocenters. The van der Waals surface area contributed by atoms with Crippen molar-refractivity contribution in [1.29, 1.82) is 0 Å². The monoisotopic (exact) mass is 283 g/mol. The normalized spacial score (nSPS) is 9.90. The van der Waals surface area contributed by atoms with Gasteiger partial charge in [-0.15, -0.1) is 0 Å². The Hall–Kier alpha value is -2.44. The Kier molecular flexibility index (Phi) is 5.64. The average Bonchev–Trinajstić information content (AvgIpc) is 2.43. The lowest BCUT2D eigenvalue weighted by Crippen LogP contribution is -2.07. The summed E-state index contributed by atoms with van der Waals surface area (Å²) in [5.41, 5.74) is 5.63. The highest BCUT2D eigenvalue weighted by Crippen LogP contribution is 2.32. The molecule has 0 bridgehead atoms. The summed E-state index contributed by atoms with van der Waals surface area (Å²) >= 11 is 0. The summed E-state index contributed by atoms with van der Waals surface area (Å²) < 4.78 is 15.0. The van der Waals surface area contributed by atoms with Gasteiger partial charge in [-0.05, 0) is 6.42 Å². The zero-order valence-corrected chi connectivity index (χ0v) is 11.3. The number of aromatic carboxylic acids is 1. The fourth-order valence-electron chi connectivity index (χ4n) is 1.53. The van der Waals surface area contributed by atoms with Crippen molar-refractivity contribution < 1.29 is 28.9 Å². The maximum absolute atomic E-state index is 11.0. The van der Waals surface area contributed by atoms with Gasteiger partial charge in [-0.2, -0.15) is 0 Å². The van der Waals surface area contributed by atoms with Crippen molar-refractivity contribution in [2.45, 2.75) is 12.8 Å². The molecule has 1 aromatic rings. The van der Waals surface area contributed by atoms with Gasteiger partial charge in [-0.1, -0.05) is 0 Å². The molecular weight excluding hydrogens is 266 g/mol. The number of carboxylic acid groups (broad SMARTS) is 1. The van der Waals surface area contributed by atoms with E-state index >= 15 is 0 Å². The Morgan fingerprint density at radius 1 is 1.25 bits per heavy atom. The molecule has 0 fully saturated rings. The third-order valence-electron chi connectivity index (χ3n) is 2.58. The number of nitrogens with two attached hydrogens (primary N) is 1. The molecule has 0 amide bonds. The second-order valence-electron chi connectivity index (χ2n) is 3.92. The second-order valence-corrected chi connectivity index (χ2v) is 3.92. The summed E-state index contributed by atoms with van der Waals surface area (Å²) in [5.74, 6) is -0.872. The quantitative estimate of drug-likeness (QED) is 0.441. The maximum atomic E-state index is 11.0. The van der Waals surface area contributed by atoms with Gasteiger partial charge in [0.2, 0.25) is 0 Å². The molecule has 0 saturated carbocycles. The second kappa shape index (κ2) is 7.22. The minimum Gasteiger partial charge on any atom is -0.493 e. The molecule has 0 aliphatic rings. The predicted molar refractivity (Wildman–Crippen MR) is 71.1 cm³/mol. The predicted octanol–water partition coefficient (Wildman–Crippen LogP) is 1.31. The van der Waals surface area contributed by atoms with Gasteiger partial charge >= 0.3 is 11.9 Å². The van der Waals surface area contributed by atoms with Gasteiger partial charge in [0.15, 0.2) is 11.5 Å². The zero-order chi connectivity index (χ0) is 15.1. The Morgan fingerprint density at radius 3 is 2.50 bits per heavy atom. The van der Waals surface area contributed by atoms with Crippen LogP contribution in [0.15, 0.2) is 12.1 Å². The van der Waals surface area contributed by atoms with Crippen LogP contribution in [0.4, 0.5) is 5.69 Å². The summed E-state index contributed by atoms with van der Waals surface area (Å²) in [6.07, 6.45) is 0.669. The fourth-order valence-corrected chi connectivity index (χ4v) is 1.53. The molecule has 20 heavy (non-hydrogen) atoms. The van der Waals surface area contributed by atoms with E-state index < -0.39 is 5.97 Å². The van der Waals surface area contributed by atoms with Gasteiger partial charge < -0.3 is 25.1 Å². The molecular formula is C13H17NO6. The van der Waals surface area contributed by atoms with E-state index in [1.54, 1.807) is 0 Å². The van der Waals surface area contributed by atoms with E-state index in [0.717, 1.165) is 0 Å². The molecule has 0 unspecified atom stereocenters. The van der Waals surface area contributed by atoms with Crippen molar-refractivity contribution in [2.24, 2.45) is 0 Å². The number of carboxylic acids is 1. The Labute approximate surface area is 116 Å². The molecule has 0 heterocycles. The molecule has 0 saturated heterocycles. The van der Waals surface area contributed by atoms with Crippen molar-refractivity contribution in [1.82, 2.24) is 0 Å². The van der Waals surface area contributed by atoms with Crippen LogP contribution in [0.1, 0.15) is 23.2 Å². The molecule has 1 aromatic carbocycles. The highest BCUT2D eigenvalue weighted by molar-refractivity contribution is 5.94. The van der Waals surface area contributed by atoms with Gasteiger partial charge in [-0.3, -0.25) is 4.79 Å². The van der Waals surface area contributed by atoms with Gasteiger partial charge in [0, 0.05) is 18.6 Å². The topological polar surface area (TPSA) is 108 Å². The van der Waals surface area contributed by atoms with Crippen LogP contribution >= 0.6 is 0 Å². The van der Waals surface area contributed by atoms with Crippen molar-refractivity contribution >= 4 is 17.6 Å². The summed E-state index contributed by atoms with van der Waals surface area (Å²) in [6, 6.07) is 2.69. The fraction of sp³-hybridized carbons (Fsp3) is 0.385. The van der Waals surface area contributed by atoms with E-state index in [1.807, 2.05) is 0 Å². The van der Waals surface area contributed by atoms with Crippen LogP contribution in [0.2, 0.25) is 0 Å². The van der Waals surface area contributed by atoms with E-state index in [1.165, 1.54) is 26.4 Å². The minimum absolute atomic E-state index is 0.0613. The molecule has 110 valence electrons. The lowest BCUT2D eigenvalue weighted by Gasteiger charge is -2.12. The van der Waals surface area contributed by atoms with Crippen LogP contribution < -0.4 is 15.2 Å². The van der Waals surface area contributed by atoms with Gasteiger partial charge in [0.1, 0.15) is 0 Å². The number of carbonyl (C=O) groups excluding carboxylic acids is 1. The summed E-state index contributed by atoms with van der Waals surface area (Å²) in [7, 11) is 2.74.